The van der Waals surface area contributed by atoms with E-state index in [9.17, 15) is 4.79 Å². The summed E-state index contributed by atoms with van der Waals surface area (Å²) in [6, 6.07) is 15.5. The summed E-state index contributed by atoms with van der Waals surface area (Å²) in [5.41, 5.74) is 1.73. The summed E-state index contributed by atoms with van der Waals surface area (Å²) >= 11 is 6.10. The minimum Gasteiger partial charge on any atom is -0.494 e. The van der Waals surface area contributed by atoms with Crippen molar-refractivity contribution in [2.24, 2.45) is 0 Å². The predicted octanol–water partition coefficient (Wildman–Crippen LogP) is 5.85. The van der Waals surface area contributed by atoms with Crippen LogP contribution in [0.15, 0.2) is 60.9 Å². The Bertz CT molecular complexity index is 1360. The predicted molar refractivity (Wildman–Crippen MR) is 131 cm³/mol. The molecule has 0 aliphatic rings. The molecule has 3 aromatic carbocycles. The first kappa shape index (κ1) is 23.9. The summed E-state index contributed by atoms with van der Waals surface area (Å²) in [5, 5.41) is 3.81. The van der Waals surface area contributed by atoms with Crippen molar-refractivity contribution in [3.8, 4) is 28.9 Å². The lowest BCUT2D eigenvalue weighted by Gasteiger charge is -2.14. The molecule has 0 atom stereocenters. The number of nitrogens with zero attached hydrogens (tertiary/aromatic N) is 2. The quantitative estimate of drug-likeness (QED) is 0.325. The average Bonchev–Trinajstić information content (AvgIpc) is 2.88. The molecule has 1 amide bonds. The van der Waals surface area contributed by atoms with E-state index in [1.807, 2.05) is 6.07 Å². The molecule has 4 aromatic rings. The fraction of sp³-hybridized carbons (Fsp3) is 0.160. The van der Waals surface area contributed by atoms with Crippen molar-refractivity contribution in [2.45, 2.75) is 6.61 Å². The van der Waals surface area contributed by atoms with Gasteiger partial charge in [0.25, 0.3) is 0 Å². The van der Waals surface area contributed by atoms with E-state index in [0.29, 0.717) is 56.1 Å². The van der Waals surface area contributed by atoms with Crippen LogP contribution in [0.1, 0.15) is 5.56 Å². The molecule has 35 heavy (non-hydrogen) atoms. The maximum absolute atomic E-state index is 12.3. The van der Waals surface area contributed by atoms with Crippen LogP contribution in [0.2, 0.25) is 5.02 Å². The second-order valence-electron chi connectivity index (χ2n) is 7.16. The number of methoxy groups -OCH3 is 3. The molecule has 0 fully saturated rings. The fourth-order valence-corrected chi connectivity index (χ4v) is 3.49. The van der Waals surface area contributed by atoms with Gasteiger partial charge >= 0.3 is 6.09 Å². The van der Waals surface area contributed by atoms with Gasteiger partial charge < -0.3 is 23.7 Å². The van der Waals surface area contributed by atoms with Crippen molar-refractivity contribution in [3.63, 3.8) is 0 Å². The number of hydrogen-bond acceptors (Lipinski definition) is 8. The van der Waals surface area contributed by atoms with Crippen LogP contribution in [0.4, 0.5) is 10.5 Å². The number of benzene rings is 3. The topological polar surface area (TPSA) is 101 Å². The molecule has 10 heteroatoms. The lowest BCUT2D eigenvalue weighted by atomic mass is 10.2. The van der Waals surface area contributed by atoms with E-state index in [1.54, 1.807) is 62.8 Å². The number of aromatic nitrogens is 2. The number of hydrogen-bond donors (Lipinski definition) is 1. The maximum atomic E-state index is 12.3. The third kappa shape index (κ3) is 5.47. The number of ether oxygens (including phenoxy) is 5. The molecule has 4 rings (SSSR count). The highest BCUT2D eigenvalue weighted by molar-refractivity contribution is 6.31. The summed E-state index contributed by atoms with van der Waals surface area (Å²) < 4.78 is 27.4. The zero-order valence-electron chi connectivity index (χ0n) is 19.2. The minimum absolute atomic E-state index is 0.0318. The van der Waals surface area contributed by atoms with E-state index in [0.717, 1.165) is 0 Å². The second kappa shape index (κ2) is 10.8. The monoisotopic (exact) mass is 495 g/mol. The number of rotatable bonds is 8. The van der Waals surface area contributed by atoms with Crippen molar-refractivity contribution in [3.05, 3.63) is 71.5 Å². The summed E-state index contributed by atoms with van der Waals surface area (Å²) in [6.07, 6.45) is 0.742. The van der Waals surface area contributed by atoms with E-state index in [4.69, 9.17) is 35.3 Å². The van der Waals surface area contributed by atoms with Gasteiger partial charge in [0.2, 0.25) is 5.88 Å². The van der Waals surface area contributed by atoms with Gasteiger partial charge in [-0.2, -0.15) is 0 Å². The summed E-state index contributed by atoms with van der Waals surface area (Å²) in [7, 11) is 4.58. The van der Waals surface area contributed by atoms with E-state index < -0.39 is 6.09 Å². The SMILES string of the molecule is COc1cc(Oc2ncnc3cc(OC)c(OC)cc23)ccc1NC(=O)OCc1ccccc1Cl. The minimum atomic E-state index is -0.653. The van der Waals surface area contributed by atoms with Crippen LogP contribution in [0.5, 0.6) is 28.9 Å². The van der Waals surface area contributed by atoms with E-state index in [2.05, 4.69) is 15.3 Å². The Labute approximate surface area is 206 Å². The van der Waals surface area contributed by atoms with Crippen molar-refractivity contribution in [1.29, 1.82) is 0 Å². The molecule has 0 spiro atoms. The van der Waals surface area contributed by atoms with Crippen LogP contribution in [-0.4, -0.2) is 37.4 Å². The Morgan fingerprint density at radius 3 is 2.40 bits per heavy atom. The molecule has 9 nitrogen and oxygen atoms in total. The number of fused-ring (bicyclic) bond motifs is 1. The van der Waals surface area contributed by atoms with Crippen LogP contribution in [0.25, 0.3) is 10.9 Å². The van der Waals surface area contributed by atoms with E-state index >= 15 is 0 Å². The molecule has 0 bridgehead atoms. The molecule has 0 aliphatic heterocycles. The highest BCUT2D eigenvalue weighted by Gasteiger charge is 2.15. The van der Waals surface area contributed by atoms with Crippen molar-refractivity contribution in [2.75, 3.05) is 26.6 Å². The lowest BCUT2D eigenvalue weighted by Crippen LogP contribution is -2.14. The third-order valence-corrected chi connectivity index (χ3v) is 5.41. The summed E-state index contributed by atoms with van der Waals surface area (Å²) in [6.45, 7) is 0.0318. The van der Waals surface area contributed by atoms with Gasteiger partial charge in [-0.25, -0.2) is 14.8 Å². The molecule has 1 heterocycles. The Kier molecular flexibility index (Phi) is 7.37. The highest BCUT2D eigenvalue weighted by Crippen LogP contribution is 2.37. The van der Waals surface area contributed by atoms with Crippen LogP contribution < -0.4 is 24.3 Å². The standard InChI is InChI=1S/C25H22ClN3O6/c1-31-21-10-16(8-9-19(21)29-25(30)34-13-15-6-4-5-7-18(15)26)35-24-17-11-22(32-2)23(33-3)12-20(17)27-14-28-24/h4-12,14H,13H2,1-3H3,(H,29,30). The number of nitrogens with one attached hydrogen (secondary N) is 1. The maximum Gasteiger partial charge on any atom is 0.412 e. The Balaban J connectivity index is 1.51. The molecule has 1 aromatic heterocycles. The van der Waals surface area contributed by atoms with Crippen molar-refractivity contribution >= 4 is 34.3 Å². The second-order valence-corrected chi connectivity index (χ2v) is 7.57. The van der Waals surface area contributed by atoms with E-state index in [-0.39, 0.29) is 6.61 Å². The third-order valence-electron chi connectivity index (χ3n) is 5.04. The molecule has 1 N–H and O–H groups in total. The van der Waals surface area contributed by atoms with Gasteiger partial charge in [-0.1, -0.05) is 29.8 Å². The first-order chi connectivity index (χ1) is 17.0. The average molecular weight is 496 g/mol. The van der Waals surface area contributed by atoms with Crippen LogP contribution in [0, 0.1) is 0 Å². The van der Waals surface area contributed by atoms with Gasteiger partial charge in [0, 0.05) is 22.7 Å². The molecule has 0 unspecified atom stereocenters. The smallest absolute Gasteiger partial charge is 0.412 e. The number of halogens is 1. The normalized spacial score (nSPS) is 10.5. The summed E-state index contributed by atoms with van der Waals surface area (Å²) in [4.78, 5) is 20.8. The van der Waals surface area contributed by atoms with Gasteiger partial charge in [-0.3, -0.25) is 5.32 Å². The number of carbonyl (C=O) groups is 1. The highest BCUT2D eigenvalue weighted by atomic mass is 35.5. The zero-order chi connectivity index (χ0) is 24.8. The Morgan fingerprint density at radius 2 is 1.66 bits per heavy atom. The van der Waals surface area contributed by atoms with Gasteiger partial charge in [0.1, 0.15) is 24.4 Å². The first-order valence-corrected chi connectivity index (χ1v) is 10.8. The van der Waals surface area contributed by atoms with Crippen molar-refractivity contribution < 1.29 is 28.5 Å². The molecule has 0 saturated heterocycles. The molecular formula is C25H22ClN3O6. The number of carbonyl (C=O) groups excluding carboxylic acids is 1. The molecule has 180 valence electrons. The van der Waals surface area contributed by atoms with Crippen LogP contribution in [-0.2, 0) is 11.3 Å². The number of anilines is 1. The molecule has 0 aliphatic carbocycles. The molecule has 0 saturated carbocycles. The van der Waals surface area contributed by atoms with Gasteiger partial charge in [0.15, 0.2) is 11.5 Å². The lowest BCUT2D eigenvalue weighted by molar-refractivity contribution is 0.155. The van der Waals surface area contributed by atoms with Crippen molar-refractivity contribution in [1.82, 2.24) is 9.97 Å². The Hall–Kier alpha value is -4.24. The Morgan fingerprint density at radius 1 is 0.914 bits per heavy atom. The van der Waals surface area contributed by atoms with Gasteiger partial charge in [-0.05, 0) is 24.3 Å². The molecular weight excluding hydrogens is 474 g/mol. The van der Waals surface area contributed by atoms with Crippen LogP contribution >= 0.6 is 11.6 Å². The number of amides is 1. The fourth-order valence-electron chi connectivity index (χ4n) is 3.30. The van der Waals surface area contributed by atoms with Gasteiger partial charge in [0.05, 0.1) is 37.9 Å². The van der Waals surface area contributed by atoms with Crippen LogP contribution in [0.3, 0.4) is 0 Å². The first-order valence-electron chi connectivity index (χ1n) is 10.4. The largest absolute Gasteiger partial charge is 0.494 e. The summed E-state index contributed by atoms with van der Waals surface area (Å²) in [5.74, 6) is 2.19. The van der Waals surface area contributed by atoms with E-state index in [1.165, 1.54) is 13.4 Å². The zero-order valence-corrected chi connectivity index (χ0v) is 20.0. The van der Waals surface area contributed by atoms with Gasteiger partial charge in [-0.15, -0.1) is 0 Å². The molecule has 0 radical (unpaired) electrons.